The summed E-state index contributed by atoms with van der Waals surface area (Å²) in [5, 5.41) is 0. The molecule has 0 aromatic rings. The summed E-state index contributed by atoms with van der Waals surface area (Å²) in [7, 11) is -27.1. The van der Waals surface area contributed by atoms with Crippen molar-refractivity contribution < 1.29 is 63.6 Å². The van der Waals surface area contributed by atoms with Gasteiger partial charge >= 0.3 is 77.0 Å². The summed E-state index contributed by atoms with van der Waals surface area (Å²) in [6.45, 7) is 78.0. The average Bonchev–Trinajstić information content (AvgIpc) is 3.13. The summed E-state index contributed by atoms with van der Waals surface area (Å²) >= 11 is 0. The molecule has 15 nitrogen and oxygen atoms in total. The van der Waals surface area contributed by atoms with Crippen molar-refractivity contribution in [2.24, 2.45) is 0 Å². The average molecular weight is 1540 g/mol. The van der Waals surface area contributed by atoms with Gasteiger partial charge in [-0.2, -0.15) is 0 Å². The van der Waals surface area contributed by atoms with E-state index in [1.54, 1.807) is 14.2 Å². The lowest BCUT2D eigenvalue weighted by Crippen LogP contribution is -2.59. The third-order valence-electron chi connectivity index (χ3n) is 10.9. The van der Waals surface area contributed by atoms with E-state index >= 15 is 0 Å². The fourth-order valence-electron chi connectivity index (χ4n) is 10.8. The van der Waals surface area contributed by atoms with Crippen LogP contribution in [0.15, 0.2) is 0 Å². The predicted molar refractivity (Wildman–Crippen MR) is 434 cm³/mol. The van der Waals surface area contributed by atoms with Crippen molar-refractivity contribution in [3.63, 3.8) is 0 Å². The Hall–Kier alpha value is 2.65. The molecule has 0 aromatic heterocycles. The molecule has 0 bridgehead atoms. The van der Waals surface area contributed by atoms with Gasteiger partial charge in [0.1, 0.15) is 0 Å². The van der Waals surface area contributed by atoms with Gasteiger partial charge in [-0.25, -0.2) is 0 Å². The zero-order valence-corrected chi connectivity index (χ0v) is 76.6. The summed E-state index contributed by atoms with van der Waals surface area (Å²) < 4.78 is 95.1. The molecule has 0 saturated carbocycles. The maximum atomic E-state index is 6.84. The molecule has 0 aliphatic rings. The number of hydrogen-bond donors (Lipinski definition) is 0. The molecule has 0 saturated heterocycles. The second-order valence-corrected chi connectivity index (χ2v) is 92.0. The van der Waals surface area contributed by atoms with Gasteiger partial charge in [0.05, 0.1) is 13.2 Å². The maximum Gasteiger partial charge on any atom is 0.317 e. The van der Waals surface area contributed by atoms with Crippen molar-refractivity contribution in [1.29, 1.82) is 0 Å². The van der Waals surface area contributed by atoms with Crippen LogP contribution in [0.2, 0.25) is 234 Å². The molecule has 0 atom stereocenters. The highest BCUT2D eigenvalue weighted by atomic mass is 28.5. The monoisotopic (exact) mass is 1530 g/mol. The van der Waals surface area contributed by atoms with Crippen molar-refractivity contribution in [3.05, 3.63) is 0 Å². The standard InChI is InChI=1S/C21H54O6Si5.C17H46O5Si5.C15H42O4Si5.6CH4/c1-22-19-20-23-18-16-14-13-15-17-21-32(12,26-30(8,9)24-28(2,3)4)27-31(10,11)25-29(5,6)7;1-18-16-14-13-15-17-27(12,21-25(8,9)19-23(2,3)4)22-26(10,11)20-24(5,6)7;1-13-14-15-24(12,18-22(8,9)16-20(2,3)4)19-23(10,11)17-21(5,6)7;;;;;;/h13-21H2,1-12H3;13-17H2,1-12H3;13-15H2,1-12H3;6*1H4. The largest absolute Gasteiger partial charge is 0.437 e. The Morgan fingerprint density at radius 2 is 0.393 bits per heavy atom. The van der Waals surface area contributed by atoms with Gasteiger partial charge in [-0.15, -0.1) is 0 Å². The number of hydrogen-bond acceptors (Lipinski definition) is 15. The van der Waals surface area contributed by atoms with E-state index in [-0.39, 0.29) is 44.6 Å². The molecule has 0 unspecified atom stereocenters. The van der Waals surface area contributed by atoms with Gasteiger partial charge in [-0.3, -0.25) is 0 Å². The molecule has 0 rings (SSSR count). The van der Waals surface area contributed by atoms with Crippen LogP contribution in [0, 0.1) is 0 Å². The third kappa shape index (κ3) is 70.3. The van der Waals surface area contributed by atoms with Crippen LogP contribution >= 0.6 is 0 Å². The van der Waals surface area contributed by atoms with Crippen LogP contribution in [-0.2, 0) is 63.6 Å². The molecule has 552 valence electrons. The van der Waals surface area contributed by atoms with E-state index < -0.39 is 127 Å². The second-order valence-electron chi connectivity index (χ2n) is 31.7. The van der Waals surface area contributed by atoms with E-state index in [2.05, 4.69) is 223 Å². The molecule has 30 heteroatoms. The Kier molecular flexibility index (Phi) is 58.1. The Balaban J connectivity index is -0.000000151. The molecule has 89 heavy (non-hydrogen) atoms. The molecule has 0 aliphatic carbocycles. The smallest absolute Gasteiger partial charge is 0.317 e. The lowest BCUT2D eigenvalue weighted by atomic mass is 10.2. The van der Waals surface area contributed by atoms with Gasteiger partial charge in [-0.05, 0) is 247 Å². The van der Waals surface area contributed by atoms with Gasteiger partial charge < -0.3 is 63.6 Å². The van der Waals surface area contributed by atoms with E-state index in [0.717, 1.165) is 76.3 Å². The molecular formula is C59H166O15Si15. The van der Waals surface area contributed by atoms with Crippen LogP contribution < -0.4 is 0 Å². The minimum atomic E-state index is -2.43. The number of ether oxygens (including phenoxy) is 3. The molecule has 0 fully saturated rings. The Morgan fingerprint density at radius 1 is 0.202 bits per heavy atom. The fraction of sp³-hybridized carbons (Fsp3) is 1.00. The zero-order valence-electron chi connectivity index (χ0n) is 61.6. The SMILES string of the molecule is C.C.C.C.C.C.CCCC[Si](C)(O[Si](C)(C)O[Si](C)(C)C)O[Si](C)(C)O[Si](C)(C)C.COCCCCC[Si](C)(O[Si](C)(C)O[Si](C)(C)C)O[Si](C)(C)O[Si](C)(C)C.COCCOCCCCCCC[Si](C)(O[Si](C)(C)O[Si](C)(C)C)O[Si](C)(C)O[Si](C)(C)C. The summed E-state index contributed by atoms with van der Waals surface area (Å²) in [5.74, 6) is 0. The van der Waals surface area contributed by atoms with Crippen LogP contribution in [0.3, 0.4) is 0 Å². The van der Waals surface area contributed by atoms with Gasteiger partial charge in [-0.1, -0.05) is 103 Å². The molecule has 0 spiro atoms. The van der Waals surface area contributed by atoms with Gasteiger partial charge in [0, 0.05) is 27.4 Å². The van der Waals surface area contributed by atoms with Gasteiger partial charge in [0.15, 0.2) is 49.9 Å². The van der Waals surface area contributed by atoms with Crippen LogP contribution in [0.5, 0.6) is 0 Å². The number of rotatable bonds is 44. The number of unbranched alkanes of at least 4 members (excludes halogenated alkanes) is 7. The lowest BCUT2D eigenvalue weighted by Gasteiger charge is -2.43. The minimum Gasteiger partial charge on any atom is -0.437 e. The normalized spacial score (nSPS) is 13.6. The molecule has 0 N–H and O–H groups in total. The lowest BCUT2D eigenvalue weighted by molar-refractivity contribution is 0.0686. The third-order valence-corrected chi connectivity index (χ3v) is 63.3. The molecule has 0 amide bonds. The molecule has 0 heterocycles. The topological polar surface area (TPSA) is 138 Å². The fourth-order valence-corrected chi connectivity index (χ4v) is 81.3. The minimum absolute atomic E-state index is 0. The predicted octanol–water partition coefficient (Wildman–Crippen LogP) is 22.6. The van der Waals surface area contributed by atoms with Crippen LogP contribution in [0.25, 0.3) is 0 Å². The van der Waals surface area contributed by atoms with Crippen molar-refractivity contribution in [3.8, 4) is 0 Å². The maximum absolute atomic E-state index is 6.84. The van der Waals surface area contributed by atoms with Crippen molar-refractivity contribution >= 4 is 127 Å². The highest BCUT2D eigenvalue weighted by Gasteiger charge is 2.50. The van der Waals surface area contributed by atoms with Gasteiger partial charge in [0.25, 0.3) is 0 Å². The Labute approximate surface area is 576 Å². The second kappa shape index (κ2) is 46.9. The zero-order chi connectivity index (χ0) is 66.1. The van der Waals surface area contributed by atoms with Crippen molar-refractivity contribution in [1.82, 2.24) is 0 Å². The van der Waals surface area contributed by atoms with E-state index in [1.165, 1.54) is 19.3 Å². The quantitative estimate of drug-likeness (QED) is 0.0422. The summed E-state index contributed by atoms with van der Waals surface area (Å²) in [6, 6.07) is 2.99. The van der Waals surface area contributed by atoms with Crippen molar-refractivity contribution in [2.45, 2.75) is 350 Å². The van der Waals surface area contributed by atoms with Crippen LogP contribution in [0.4, 0.5) is 0 Å². The highest BCUT2D eigenvalue weighted by molar-refractivity contribution is 6.93. The summed E-state index contributed by atoms with van der Waals surface area (Å²) in [5.41, 5.74) is 0. The highest BCUT2D eigenvalue weighted by Crippen LogP contribution is 2.34. The first-order valence-electron chi connectivity index (χ1n) is 31.6. The molecule has 0 aromatic carbocycles. The van der Waals surface area contributed by atoms with E-state index in [1.807, 2.05) is 0 Å². The van der Waals surface area contributed by atoms with Crippen molar-refractivity contribution in [2.75, 3.05) is 40.6 Å². The first-order valence-corrected chi connectivity index (χ1v) is 76.6. The molecule has 0 aliphatic heterocycles. The first-order chi connectivity index (χ1) is 36.7. The van der Waals surface area contributed by atoms with Gasteiger partial charge in [0.2, 0.25) is 0 Å². The van der Waals surface area contributed by atoms with E-state index in [9.17, 15) is 0 Å². The van der Waals surface area contributed by atoms with Crippen LogP contribution in [-0.4, -0.2) is 168 Å². The van der Waals surface area contributed by atoms with E-state index in [0.29, 0.717) is 13.2 Å². The number of methoxy groups -OCH3 is 2. The molecular weight excluding hydrogens is 1370 g/mol. The summed E-state index contributed by atoms with van der Waals surface area (Å²) in [6.07, 6.45) is 11.5. The van der Waals surface area contributed by atoms with Crippen LogP contribution in [0.1, 0.15) is 116 Å². The molecule has 0 radical (unpaired) electrons. The Morgan fingerprint density at radius 3 is 0.607 bits per heavy atom. The first kappa shape index (κ1) is 110. The van der Waals surface area contributed by atoms with E-state index in [4.69, 9.17) is 63.6 Å². The summed E-state index contributed by atoms with van der Waals surface area (Å²) in [4.78, 5) is 0. The Bertz CT molecular complexity index is 1630.